The SMILES string of the molecule is C=CC(=O)N1CCC[C@@H](NC(=O)c2sc3nccc4c3c2NC(=O)N4c2ccc(-c3ccccc3)cc2)C1. The maximum Gasteiger partial charge on any atom is 0.331 e. The maximum atomic E-state index is 13.4. The first-order valence-corrected chi connectivity index (χ1v) is 13.3. The van der Waals surface area contributed by atoms with Crippen molar-refractivity contribution in [2.45, 2.75) is 18.9 Å². The number of amides is 4. The smallest absolute Gasteiger partial charge is 0.331 e. The van der Waals surface area contributed by atoms with Gasteiger partial charge in [-0.3, -0.25) is 14.5 Å². The molecule has 4 amide bonds. The molecule has 2 aliphatic heterocycles. The first-order valence-electron chi connectivity index (χ1n) is 12.4. The summed E-state index contributed by atoms with van der Waals surface area (Å²) in [6, 6.07) is 19.1. The second-order valence-corrected chi connectivity index (χ2v) is 10.3. The van der Waals surface area contributed by atoms with Gasteiger partial charge in [-0.1, -0.05) is 49.0 Å². The zero-order chi connectivity index (χ0) is 26.2. The summed E-state index contributed by atoms with van der Waals surface area (Å²) in [6.07, 6.45) is 4.52. The van der Waals surface area contributed by atoms with Gasteiger partial charge in [-0.2, -0.15) is 0 Å². The molecule has 0 unspecified atom stereocenters. The van der Waals surface area contributed by atoms with Crippen LogP contribution in [0.1, 0.15) is 22.5 Å². The fourth-order valence-electron chi connectivity index (χ4n) is 5.11. The lowest BCUT2D eigenvalue weighted by Crippen LogP contribution is -2.49. The second-order valence-electron chi connectivity index (χ2n) is 9.30. The minimum Gasteiger partial charge on any atom is -0.347 e. The van der Waals surface area contributed by atoms with Crippen molar-refractivity contribution in [3.63, 3.8) is 0 Å². The lowest BCUT2D eigenvalue weighted by atomic mass is 10.0. The fraction of sp³-hybridized carbons (Fsp3) is 0.172. The average Bonchev–Trinajstić information content (AvgIpc) is 3.33. The lowest BCUT2D eigenvalue weighted by molar-refractivity contribution is -0.127. The molecule has 2 aromatic heterocycles. The number of thiophene rings is 1. The number of carbonyl (C=O) groups excluding carboxylic acids is 3. The first-order chi connectivity index (χ1) is 18.5. The molecule has 2 aliphatic rings. The average molecular weight is 524 g/mol. The van der Waals surface area contributed by atoms with E-state index in [2.05, 4.69) is 22.2 Å². The molecule has 0 spiro atoms. The van der Waals surface area contributed by atoms with E-state index in [0.717, 1.165) is 29.4 Å². The van der Waals surface area contributed by atoms with E-state index in [0.29, 0.717) is 39.9 Å². The summed E-state index contributed by atoms with van der Waals surface area (Å²) in [5, 5.41) is 6.73. The van der Waals surface area contributed by atoms with Gasteiger partial charge in [0.2, 0.25) is 5.91 Å². The second kappa shape index (κ2) is 9.75. The molecular formula is C29H25N5O3S. The Morgan fingerprint density at radius 2 is 1.84 bits per heavy atom. The molecule has 2 N–H and O–H groups in total. The lowest BCUT2D eigenvalue weighted by Gasteiger charge is -2.32. The molecule has 1 saturated heterocycles. The van der Waals surface area contributed by atoms with Crippen LogP contribution in [0, 0.1) is 0 Å². The normalized spacial score (nSPS) is 16.7. The quantitative estimate of drug-likeness (QED) is 0.335. The largest absolute Gasteiger partial charge is 0.347 e. The molecule has 9 heteroatoms. The third-order valence-electron chi connectivity index (χ3n) is 6.93. The van der Waals surface area contributed by atoms with Crippen LogP contribution in [-0.2, 0) is 4.79 Å². The van der Waals surface area contributed by atoms with Crippen LogP contribution in [-0.4, -0.2) is 46.9 Å². The molecule has 0 radical (unpaired) electrons. The van der Waals surface area contributed by atoms with Gasteiger partial charge in [0.15, 0.2) is 0 Å². The molecule has 4 aromatic rings. The third-order valence-corrected chi connectivity index (χ3v) is 8.02. The summed E-state index contributed by atoms with van der Waals surface area (Å²) in [4.78, 5) is 47.6. The van der Waals surface area contributed by atoms with E-state index in [1.807, 2.05) is 54.6 Å². The van der Waals surface area contributed by atoms with Crippen LogP contribution >= 0.6 is 11.3 Å². The number of pyridine rings is 1. The molecule has 0 bridgehead atoms. The summed E-state index contributed by atoms with van der Waals surface area (Å²) < 4.78 is 0. The van der Waals surface area contributed by atoms with Gasteiger partial charge >= 0.3 is 6.03 Å². The standard InChI is InChI=1S/C29H25N5O3S/c1-2-23(35)33-16-6-9-20(17-33)31-27(36)26-25-24-22(14-15-30-28(24)38-26)34(29(37)32-25)21-12-10-19(11-13-21)18-7-4-3-5-8-18/h2-5,7-8,10-15,20H,1,6,9,16-17H2,(H,31,36)(H,32,37)/t20-/m1/s1. The van der Waals surface area contributed by atoms with Crippen LogP contribution in [0.3, 0.4) is 0 Å². The number of urea groups is 1. The number of hydrogen-bond donors (Lipinski definition) is 2. The van der Waals surface area contributed by atoms with Gasteiger partial charge in [-0.25, -0.2) is 9.78 Å². The van der Waals surface area contributed by atoms with Gasteiger partial charge in [0.1, 0.15) is 9.71 Å². The zero-order valence-electron chi connectivity index (χ0n) is 20.5. The van der Waals surface area contributed by atoms with Crippen LogP contribution in [0.15, 0.2) is 79.5 Å². The number of hydrogen-bond acceptors (Lipinski definition) is 5. The molecular weight excluding hydrogens is 498 g/mol. The highest BCUT2D eigenvalue weighted by molar-refractivity contribution is 7.21. The molecule has 6 rings (SSSR count). The van der Waals surface area contributed by atoms with Crippen molar-refractivity contribution in [1.82, 2.24) is 15.2 Å². The molecule has 0 aliphatic carbocycles. The number of piperidine rings is 1. The van der Waals surface area contributed by atoms with Crippen molar-refractivity contribution >= 4 is 56.5 Å². The Kier molecular flexibility index (Phi) is 6.13. The molecule has 38 heavy (non-hydrogen) atoms. The van der Waals surface area contributed by atoms with Gasteiger partial charge < -0.3 is 15.5 Å². The highest BCUT2D eigenvalue weighted by Crippen LogP contribution is 2.45. The number of rotatable bonds is 5. The van der Waals surface area contributed by atoms with Crippen molar-refractivity contribution in [2.75, 3.05) is 23.3 Å². The van der Waals surface area contributed by atoms with Crippen molar-refractivity contribution in [3.8, 4) is 11.1 Å². The molecule has 1 atom stereocenters. The Morgan fingerprint density at radius 1 is 1.08 bits per heavy atom. The van der Waals surface area contributed by atoms with E-state index in [9.17, 15) is 14.4 Å². The molecule has 190 valence electrons. The fourth-order valence-corrected chi connectivity index (χ4v) is 6.13. The monoisotopic (exact) mass is 523 g/mol. The number of benzene rings is 2. The van der Waals surface area contributed by atoms with Crippen LogP contribution < -0.4 is 15.5 Å². The van der Waals surface area contributed by atoms with Crippen LogP contribution in [0.4, 0.5) is 21.9 Å². The number of aromatic nitrogens is 1. The molecule has 8 nitrogen and oxygen atoms in total. The number of carbonyl (C=O) groups is 3. The Balaban J connectivity index is 1.30. The minimum atomic E-state index is -0.342. The van der Waals surface area contributed by atoms with Gasteiger partial charge in [0.25, 0.3) is 5.91 Å². The van der Waals surface area contributed by atoms with E-state index in [1.54, 1.807) is 22.1 Å². The van der Waals surface area contributed by atoms with Gasteiger partial charge in [0, 0.05) is 25.3 Å². The third kappa shape index (κ3) is 4.20. The zero-order valence-corrected chi connectivity index (χ0v) is 21.3. The highest BCUT2D eigenvalue weighted by atomic mass is 32.1. The number of anilines is 3. The molecule has 1 fully saturated rings. The van der Waals surface area contributed by atoms with E-state index >= 15 is 0 Å². The van der Waals surface area contributed by atoms with Crippen molar-refractivity contribution in [2.24, 2.45) is 0 Å². The summed E-state index contributed by atoms with van der Waals surface area (Å²) in [7, 11) is 0. The summed E-state index contributed by atoms with van der Waals surface area (Å²) >= 11 is 1.25. The van der Waals surface area contributed by atoms with Crippen LogP contribution in [0.2, 0.25) is 0 Å². The van der Waals surface area contributed by atoms with Gasteiger partial charge in [0.05, 0.1) is 22.4 Å². The molecule has 2 aromatic carbocycles. The van der Waals surface area contributed by atoms with E-state index < -0.39 is 0 Å². The Hall–Kier alpha value is -4.50. The Morgan fingerprint density at radius 3 is 2.61 bits per heavy atom. The van der Waals surface area contributed by atoms with Gasteiger partial charge in [-0.05, 0) is 48.2 Å². The van der Waals surface area contributed by atoms with E-state index in [4.69, 9.17) is 0 Å². The topological polar surface area (TPSA) is 94.6 Å². The minimum absolute atomic E-state index is 0.140. The Bertz CT molecular complexity index is 1560. The summed E-state index contributed by atoms with van der Waals surface area (Å²) in [5.41, 5.74) is 4.02. The molecule has 4 heterocycles. The Labute approximate surface area is 223 Å². The van der Waals surface area contributed by atoms with Crippen LogP contribution in [0.25, 0.3) is 21.3 Å². The van der Waals surface area contributed by atoms with E-state index in [-0.39, 0.29) is 23.9 Å². The van der Waals surface area contributed by atoms with Crippen molar-refractivity contribution in [1.29, 1.82) is 0 Å². The van der Waals surface area contributed by atoms with Crippen LogP contribution in [0.5, 0.6) is 0 Å². The molecule has 0 saturated carbocycles. The number of nitrogens with zero attached hydrogens (tertiary/aromatic N) is 3. The highest BCUT2D eigenvalue weighted by Gasteiger charge is 2.33. The predicted molar refractivity (Wildman–Crippen MR) is 150 cm³/mol. The summed E-state index contributed by atoms with van der Waals surface area (Å²) in [6.45, 7) is 4.64. The van der Waals surface area contributed by atoms with E-state index in [1.165, 1.54) is 17.4 Å². The van der Waals surface area contributed by atoms with Crippen molar-refractivity contribution < 1.29 is 14.4 Å². The van der Waals surface area contributed by atoms with Crippen molar-refractivity contribution in [3.05, 3.63) is 84.4 Å². The predicted octanol–water partition coefficient (Wildman–Crippen LogP) is 5.55. The number of nitrogens with one attached hydrogen (secondary N) is 2. The van der Waals surface area contributed by atoms with Gasteiger partial charge in [-0.15, -0.1) is 11.3 Å². The summed E-state index contributed by atoms with van der Waals surface area (Å²) in [5.74, 6) is -0.424. The first kappa shape index (κ1) is 23.9. The maximum absolute atomic E-state index is 13.4. The number of likely N-dealkylation sites (tertiary alicyclic amines) is 1.